The molecule has 0 bridgehead atoms. The zero-order valence-electron chi connectivity index (χ0n) is 44.7. The highest BCUT2D eigenvalue weighted by molar-refractivity contribution is 7.99. The van der Waals surface area contributed by atoms with Gasteiger partial charge in [-0.2, -0.15) is 40.2 Å². The van der Waals surface area contributed by atoms with Crippen LogP contribution in [-0.2, 0) is 30.4 Å². The number of hydrogen-bond acceptors (Lipinski definition) is 23. The van der Waals surface area contributed by atoms with Crippen molar-refractivity contribution < 1.29 is 44.0 Å². The van der Waals surface area contributed by atoms with Crippen LogP contribution in [0.1, 0.15) is 38.8 Å². The van der Waals surface area contributed by atoms with Crippen molar-refractivity contribution in [1.29, 1.82) is 0 Å². The number of aromatic nitrogens is 5. The lowest BCUT2D eigenvalue weighted by Crippen LogP contribution is -2.21. The molecule has 0 amide bonds. The van der Waals surface area contributed by atoms with Crippen LogP contribution in [0.4, 0.5) is 57.4 Å². The van der Waals surface area contributed by atoms with Crippen LogP contribution in [0.5, 0.6) is 0 Å². The number of rotatable bonds is 22. The molecule has 6 aromatic carbocycles. The zero-order valence-corrected chi connectivity index (χ0v) is 49.6. The molecule has 0 unspecified atom stereocenters. The van der Waals surface area contributed by atoms with Crippen LogP contribution in [0.3, 0.4) is 0 Å². The lowest BCUT2D eigenvalue weighted by molar-refractivity contribution is 0.322. The maximum absolute atomic E-state index is 13.0. The summed E-state index contributed by atoms with van der Waals surface area (Å²) >= 11 is 3.43. The van der Waals surface area contributed by atoms with Crippen LogP contribution >= 0.6 is 34.4 Å². The van der Waals surface area contributed by atoms with Gasteiger partial charge in [0.1, 0.15) is 47.5 Å². The van der Waals surface area contributed by atoms with Crippen LogP contribution in [0, 0.1) is 13.8 Å². The Morgan fingerprint density at radius 3 is 1.50 bits per heavy atom. The number of fused-ring (bicyclic) bond motifs is 2. The Kier molecular flexibility index (Phi) is 17.7. The lowest BCUT2D eigenvalue weighted by atomic mass is 10.2. The highest BCUT2D eigenvalue weighted by atomic mass is 32.2. The molecule has 0 radical (unpaired) electrons. The Bertz CT molecular complexity index is 4320. The van der Waals surface area contributed by atoms with E-state index in [1.807, 2.05) is 58.9 Å². The van der Waals surface area contributed by atoms with Crippen molar-refractivity contribution in [3.05, 3.63) is 114 Å². The van der Waals surface area contributed by atoms with E-state index < -0.39 is 40.1 Å². The second-order valence-corrected chi connectivity index (χ2v) is 25.3. The van der Waals surface area contributed by atoms with Gasteiger partial charge in [0.15, 0.2) is 5.16 Å². The summed E-state index contributed by atoms with van der Waals surface area (Å²) in [6, 6.07) is 27.8. The first-order valence-corrected chi connectivity index (χ1v) is 32.1. The number of hydrogen-bond donors (Lipinski definition) is 6. The number of thiazole rings is 2. The molecule has 0 aliphatic rings. The van der Waals surface area contributed by atoms with Crippen LogP contribution < -0.4 is 20.4 Å². The molecule has 0 spiro atoms. The molecule has 29 heteroatoms. The number of benzene rings is 6. The Balaban J connectivity index is 1.08. The van der Waals surface area contributed by atoms with E-state index >= 15 is 0 Å². The Labute approximate surface area is 484 Å². The third kappa shape index (κ3) is 13.4. The van der Waals surface area contributed by atoms with Gasteiger partial charge in [-0.3, -0.25) is 13.7 Å². The molecule has 0 fully saturated rings. The Morgan fingerprint density at radius 2 is 1.01 bits per heavy atom. The lowest BCUT2D eigenvalue weighted by Gasteiger charge is -2.22. The predicted molar refractivity (Wildman–Crippen MR) is 322 cm³/mol. The standard InChI is InChI=1S/C53H53N13O10S6/c1-7-65(8-2)34-15-21-36(61-63-39-19-13-32(26-45(39)80(68,69)70)49-54-38-17-11-30(5)25-44(38)78-49)42(28-34)56-51-58-52(60-53(59-51)77-24-23-67)57-43-29-35(66(9-3)10-4)16-22-37(43)62-64-40-20-14-33(27-46(40)81(71,72)73)50-55-41-18-12-31(6)48(47(41)79-50)82(74,75)76/h11-22,25-29,67H,7-10,23-24H2,1-6H3,(H,68,69,70)(H,71,72,73)(H,74,75,76)(H2,56,57,58,59,60). The average Bonchev–Trinajstić information content (AvgIpc) is 4.18. The quantitative estimate of drug-likeness (QED) is 0.0209. The van der Waals surface area contributed by atoms with Crippen molar-refractivity contribution in [3.63, 3.8) is 0 Å². The van der Waals surface area contributed by atoms with Gasteiger partial charge >= 0.3 is 0 Å². The molecule has 82 heavy (non-hydrogen) atoms. The third-order valence-corrected chi connectivity index (χ3v) is 18.6. The second-order valence-electron chi connectivity index (χ2n) is 18.1. The fourth-order valence-corrected chi connectivity index (χ4v) is 13.9. The molecule has 6 N–H and O–H groups in total. The zero-order chi connectivity index (χ0) is 58.7. The van der Waals surface area contributed by atoms with Gasteiger partial charge in [0.25, 0.3) is 30.4 Å². The van der Waals surface area contributed by atoms with Crippen molar-refractivity contribution in [2.75, 3.05) is 59.0 Å². The number of azo groups is 2. The van der Waals surface area contributed by atoms with Gasteiger partial charge in [-0.25, -0.2) is 9.97 Å². The summed E-state index contributed by atoms with van der Waals surface area (Å²) in [6.07, 6.45) is 0. The summed E-state index contributed by atoms with van der Waals surface area (Å²) in [7, 11) is -14.4. The van der Waals surface area contributed by atoms with Gasteiger partial charge < -0.3 is 25.5 Å². The summed E-state index contributed by atoms with van der Waals surface area (Å²) in [4.78, 5) is 25.9. The van der Waals surface area contributed by atoms with Crippen molar-refractivity contribution in [2.45, 2.75) is 61.4 Å². The number of thioether (sulfide) groups is 1. The normalized spacial score (nSPS) is 12.3. The Hall–Kier alpha value is -7.45. The van der Waals surface area contributed by atoms with Crippen LogP contribution in [0.25, 0.3) is 41.6 Å². The molecular weight excluding hydrogens is 1170 g/mol. The summed E-state index contributed by atoms with van der Waals surface area (Å²) in [5.41, 5.74) is 5.22. The van der Waals surface area contributed by atoms with Gasteiger partial charge in [0.2, 0.25) is 11.9 Å². The minimum absolute atomic E-state index is 0.00136. The van der Waals surface area contributed by atoms with Gasteiger partial charge in [0, 0.05) is 54.4 Å². The molecular formula is C53H53N13O10S6. The highest BCUT2D eigenvalue weighted by Gasteiger charge is 2.24. The van der Waals surface area contributed by atoms with Gasteiger partial charge in [-0.15, -0.1) is 43.1 Å². The Morgan fingerprint density at radius 1 is 0.537 bits per heavy atom. The van der Waals surface area contributed by atoms with Gasteiger partial charge in [0.05, 0.1) is 38.4 Å². The van der Waals surface area contributed by atoms with E-state index in [9.17, 15) is 44.0 Å². The first-order valence-electron chi connectivity index (χ1n) is 25.2. The van der Waals surface area contributed by atoms with E-state index in [0.29, 0.717) is 48.1 Å². The minimum atomic E-state index is -4.96. The molecule has 3 heterocycles. The number of nitrogens with one attached hydrogen (secondary N) is 2. The largest absolute Gasteiger partial charge is 0.396 e. The average molecular weight is 1220 g/mol. The smallest absolute Gasteiger partial charge is 0.296 e. The van der Waals surface area contributed by atoms with Gasteiger partial charge in [-0.1, -0.05) is 23.9 Å². The van der Waals surface area contributed by atoms with E-state index in [4.69, 9.17) is 4.98 Å². The van der Waals surface area contributed by atoms with E-state index in [1.54, 1.807) is 42.5 Å². The van der Waals surface area contributed by atoms with Crippen molar-refractivity contribution >= 4 is 143 Å². The molecule has 23 nitrogen and oxygen atoms in total. The van der Waals surface area contributed by atoms with E-state index in [0.717, 1.165) is 56.3 Å². The first-order chi connectivity index (χ1) is 39.1. The molecule has 0 aliphatic heterocycles. The van der Waals surface area contributed by atoms with E-state index in [2.05, 4.69) is 60.8 Å². The molecule has 3 aromatic heterocycles. The number of aliphatic hydroxyl groups excluding tert-OH is 1. The second kappa shape index (κ2) is 24.6. The van der Waals surface area contributed by atoms with Crippen molar-refractivity contribution in [2.24, 2.45) is 20.5 Å². The molecule has 9 rings (SSSR count). The molecule has 0 atom stereocenters. The fourth-order valence-electron chi connectivity index (χ4n) is 8.66. The van der Waals surface area contributed by atoms with Crippen molar-refractivity contribution in [1.82, 2.24) is 24.9 Å². The van der Waals surface area contributed by atoms with Crippen LogP contribution in [0.2, 0.25) is 0 Å². The topological polar surface area (TPSA) is 328 Å². The number of anilines is 6. The summed E-state index contributed by atoms with van der Waals surface area (Å²) in [5, 5.41) is 34.8. The summed E-state index contributed by atoms with van der Waals surface area (Å²) in [6.45, 7) is 13.8. The number of aliphatic hydroxyl groups is 1. The SMILES string of the molecule is CCN(CC)c1ccc(N=Nc2ccc(-c3nc4ccc(C)cc4s3)cc2S(=O)(=O)O)c(Nc2nc(Nc3cc(N(CC)CC)ccc3N=Nc3ccc(-c4nc5ccc(C)c(S(=O)(=O)O)c5s4)cc3S(=O)(=O)O)nc(SCCO)n2)c1. The van der Waals surface area contributed by atoms with E-state index in [1.165, 1.54) is 48.6 Å². The maximum Gasteiger partial charge on any atom is 0.296 e. The number of nitrogens with zero attached hydrogens (tertiary/aromatic N) is 11. The summed E-state index contributed by atoms with van der Waals surface area (Å²) in [5.74, 6) is 0.226. The van der Waals surface area contributed by atoms with Gasteiger partial charge in [-0.05, 0) is 144 Å². The van der Waals surface area contributed by atoms with Crippen molar-refractivity contribution in [3.8, 4) is 21.1 Å². The maximum atomic E-state index is 13.0. The molecule has 0 saturated heterocycles. The van der Waals surface area contributed by atoms with Crippen LogP contribution in [-0.4, -0.2) is 107 Å². The fraction of sp³-hybridized carbons (Fsp3) is 0.226. The number of aryl methyl sites for hydroxylation is 2. The highest BCUT2D eigenvalue weighted by Crippen LogP contribution is 2.42. The predicted octanol–water partition coefficient (Wildman–Crippen LogP) is 12.9. The minimum Gasteiger partial charge on any atom is -0.396 e. The van der Waals surface area contributed by atoms with Crippen LogP contribution in [0.15, 0.2) is 143 Å². The van der Waals surface area contributed by atoms with E-state index in [-0.39, 0.29) is 83.4 Å². The third-order valence-electron chi connectivity index (χ3n) is 12.7. The monoisotopic (exact) mass is 1220 g/mol. The molecule has 0 saturated carbocycles. The summed E-state index contributed by atoms with van der Waals surface area (Å²) < 4.78 is 108. The molecule has 426 valence electrons. The molecule has 0 aliphatic carbocycles. The molecule has 9 aromatic rings. The first kappa shape index (κ1) is 59.2.